The Hall–Kier alpha value is 0.0500. The Morgan fingerprint density at radius 2 is 1.73 bits per heavy atom. The van der Waals surface area contributed by atoms with Gasteiger partial charge in [0.05, 0.1) is 5.54 Å². The standard InChI is InChI=1S/C11H21Cl2NO/c1-5-11(6-12,7-13)14-10(15)9(4)8(2)3/h8-9H,5-7H2,1-4H3,(H,14,15). The van der Waals surface area contributed by atoms with Gasteiger partial charge in [-0.25, -0.2) is 0 Å². The highest BCUT2D eigenvalue weighted by molar-refractivity contribution is 6.22. The summed E-state index contributed by atoms with van der Waals surface area (Å²) in [6.07, 6.45) is 0.747. The molecule has 0 saturated carbocycles. The van der Waals surface area contributed by atoms with Crippen molar-refractivity contribution in [1.82, 2.24) is 5.32 Å². The Bertz CT molecular complexity index is 194. The molecule has 1 N–H and O–H groups in total. The van der Waals surface area contributed by atoms with E-state index in [0.29, 0.717) is 17.7 Å². The number of carbonyl (C=O) groups is 1. The van der Waals surface area contributed by atoms with Gasteiger partial charge in [0.2, 0.25) is 5.91 Å². The van der Waals surface area contributed by atoms with Gasteiger partial charge in [0.1, 0.15) is 0 Å². The van der Waals surface area contributed by atoms with Crippen molar-refractivity contribution < 1.29 is 4.79 Å². The van der Waals surface area contributed by atoms with Gasteiger partial charge >= 0.3 is 0 Å². The van der Waals surface area contributed by atoms with Crippen molar-refractivity contribution in [3.8, 4) is 0 Å². The first kappa shape index (κ1) is 15.0. The Kier molecular flexibility index (Phi) is 6.62. The van der Waals surface area contributed by atoms with Crippen LogP contribution in [0.1, 0.15) is 34.1 Å². The summed E-state index contributed by atoms with van der Waals surface area (Å²) in [4.78, 5) is 11.8. The summed E-state index contributed by atoms with van der Waals surface area (Å²) in [6, 6.07) is 0. The molecular formula is C11H21Cl2NO. The van der Waals surface area contributed by atoms with Crippen LogP contribution in [0, 0.1) is 11.8 Å². The number of amides is 1. The molecule has 2 nitrogen and oxygen atoms in total. The van der Waals surface area contributed by atoms with E-state index in [-0.39, 0.29) is 11.8 Å². The van der Waals surface area contributed by atoms with E-state index in [9.17, 15) is 4.79 Å². The second kappa shape index (κ2) is 6.59. The topological polar surface area (TPSA) is 29.1 Å². The van der Waals surface area contributed by atoms with Crippen LogP contribution in [0.15, 0.2) is 0 Å². The molecule has 0 aliphatic carbocycles. The largest absolute Gasteiger partial charge is 0.348 e. The van der Waals surface area contributed by atoms with Gasteiger partial charge in [-0.2, -0.15) is 0 Å². The molecule has 4 heteroatoms. The summed E-state index contributed by atoms with van der Waals surface area (Å²) in [6.45, 7) is 7.95. The van der Waals surface area contributed by atoms with Crippen molar-refractivity contribution in [3.05, 3.63) is 0 Å². The lowest BCUT2D eigenvalue weighted by Gasteiger charge is -2.31. The summed E-state index contributed by atoms with van der Waals surface area (Å²) in [5, 5.41) is 2.96. The van der Waals surface area contributed by atoms with E-state index in [0.717, 1.165) is 6.42 Å². The molecule has 1 unspecified atom stereocenters. The molecule has 0 rings (SSSR count). The molecule has 0 saturated heterocycles. The van der Waals surface area contributed by atoms with Crippen LogP contribution in [-0.4, -0.2) is 23.2 Å². The molecule has 0 radical (unpaired) electrons. The fourth-order valence-electron chi connectivity index (χ4n) is 1.06. The third-order valence-electron chi connectivity index (χ3n) is 2.99. The van der Waals surface area contributed by atoms with Crippen molar-refractivity contribution in [2.45, 2.75) is 39.7 Å². The average molecular weight is 254 g/mol. The van der Waals surface area contributed by atoms with Crippen molar-refractivity contribution in [3.63, 3.8) is 0 Å². The van der Waals surface area contributed by atoms with Gasteiger partial charge < -0.3 is 5.32 Å². The van der Waals surface area contributed by atoms with Crippen molar-refractivity contribution >= 4 is 29.1 Å². The fraction of sp³-hybridized carbons (Fsp3) is 0.909. The van der Waals surface area contributed by atoms with E-state index in [1.165, 1.54) is 0 Å². The number of nitrogens with one attached hydrogen (secondary N) is 1. The van der Waals surface area contributed by atoms with Crippen molar-refractivity contribution in [2.24, 2.45) is 11.8 Å². The number of hydrogen-bond acceptors (Lipinski definition) is 1. The molecule has 0 aliphatic heterocycles. The highest BCUT2D eigenvalue weighted by Gasteiger charge is 2.30. The minimum Gasteiger partial charge on any atom is -0.348 e. The molecule has 0 heterocycles. The van der Waals surface area contributed by atoms with Crippen LogP contribution in [0.2, 0.25) is 0 Å². The summed E-state index contributed by atoms with van der Waals surface area (Å²) in [5.41, 5.74) is -0.455. The smallest absolute Gasteiger partial charge is 0.223 e. The Morgan fingerprint density at radius 3 is 2.00 bits per heavy atom. The van der Waals surface area contributed by atoms with Crippen LogP contribution in [0.25, 0.3) is 0 Å². The lowest BCUT2D eigenvalue weighted by atomic mass is 9.94. The molecular weight excluding hydrogens is 233 g/mol. The normalized spacial score (nSPS) is 14.1. The molecule has 0 aromatic heterocycles. The zero-order chi connectivity index (χ0) is 12.1. The SMILES string of the molecule is CCC(CCl)(CCl)NC(=O)C(C)C(C)C. The first-order valence-corrected chi connectivity index (χ1v) is 6.43. The number of alkyl halides is 2. The maximum atomic E-state index is 11.8. The molecule has 0 aliphatic rings. The van der Waals surface area contributed by atoms with Crippen molar-refractivity contribution in [2.75, 3.05) is 11.8 Å². The van der Waals surface area contributed by atoms with Crippen LogP contribution in [-0.2, 0) is 4.79 Å². The summed E-state index contributed by atoms with van der Waals surface area (Å²) < 4.78 is 0. The Labute approximate surface area is 103 Å². The van der Waals surface area contributed by atoms with Crippen LogP contribution in [0.3, 0.4) is 0 Å². The summed E-state index contributed by atoms with van der Waals surface area (Å²) in [5.74, 6) is 1.05. The maximum Gasteiger partial charge on any atom is 0.223 e. The molecule has 0 spiro atoms. The highest BCUT2D eigenvalue weighted by Crippen LogP contribution is 2.17. The third-order valence-corrected chi connectivity index (χ3v) is 4.01. The maximum absolute atomic E-state index is 11.8. The number of hydrogen-bond donors (Lipinski definition) is 1. The van der Waals surface area contributed by atoms with E-state index in [1.54, 1.807) is 0 Å². The minimum absolute atomic E-state index is 0.0117. The molecule has 90 valence electrons. The molecule has 0 aromatic carbocycles. The quantitative estimate of drug-likeness (QED) is 0.725. The minimum atomic E-state index is -0.455. The fourth-order valence-corrected chi connectivity index (χ4v) is 1.86. The predicted molar refractivity (Wildman–Crippen MR) is 66.6 cm³/mol. The number of rotatable bonds is 6. The lowest BCUT2D eigenvalue weighted by Crippen LogP contribution is -2.53. The van der Waals surface area contributed by atoms with Crippen LogP contribution in [0.4, 0.5) is 0 Å². The second-order valence-corrected chi connectivity index (χ2v) is 4.96. The van der Waals surface area contributed by atoms with Gasteiger partial charge in [0.25, 0.3) is 0 Å². The van der Waals surface area contributed by atoms with Gasteiger partial charge in [-0.1, -0.05) is 27.7 Å². The van der Waals surface area contributed by atoms with E-state index in [4.69, 9.17) is 23.2 Å². The Balaban J connectivity index is 4.48. The molecule has 0 aromatic rings. The van der Waals surface area contributed by atoms with Gasteiger partial charge in [-0.3, -0.25) is 4.79 Å². The predicted octanol–water partition coefficient (Wildman–Crippen LogP) is 3.02. The number of carbonyl (C=O) groups excluding carboxylic acids is 1. The molecule has 1 amide bonds. The van der Waals surface area contributed by atoms with E-state index >= 15 is 0 Å². The zero-order valence-corrected chi connectivity index (χ0v) is 11.5. The number of halogens is 2. The zero-order valence-electron chi connectivity index (χ0n) is 9.94. The third kappa shape index (κ3) is 4.20. The summed E-state index contributed by atoms with van der Waals surface area (Å²) >= 11 is 11.7. The lowest BCUT2D eigenvalue weighted by molar-refractivity contribution is -0.127. The van der Waals surface area contributed by atoms with Gasteiger partial charge in [0, 0.05) is 17.7 Å². The first-order chi connectivity index (χ1) is 6.92. The van der Waals surface area contributed by atoms with E-state index in [2.05, 4.69) is 5.32 Å². The van der Waals surface area contributed by atoms with Gasteiger partial charge in [0.15, 0.2) is 0 Å². The molecule has 1 atom stereocenters. The molecule has 0 fully saturated rings. The monoisotopic (exact) mass is 253 g/mol. The van der Waals surface area contributed by atoms with Gasteiger partial charge in [-0.05, 0) is 12.3 Å². The average Bonchev–Trinajstić information content (AvgIpc) is 2.24. The first-order valence-electron chi connectivity index (χ1n) is 5.36. The van der Waals surface area contributed by atoms with Gasteiger partial charge in [-0.15, -0.1) is 23.2 Å². The van der Waals surface area contributed by atoms with Crippen LogP contribution >= 0.6 is 23.2 Å². The highest BCUT2D eigenvalue weighted by atomic mass is 35.5. The van der Waals surface area contributed by atoms with Crippen molar-refractivity contribution in [1.29, 1.82) is 0 Å². The Morgan fingerprint density at radius 1 is 1.27 bits per heavy atom. The van der Waals surface area contributed by atoms with Crippen LogP contribution < -0.4 is 5.32 Å². The summed E-state index contributed by atoms with van der Waals surface area (Å²) in [7, 11) is 0. The molecule has 15 heavy (non-hydrogen) atoms. The second-order valence-electron chi connectivity index (χ2n) is 4.42. The van der Waals surface area contributed by atoms with Crippen LogP contribution in [0.5, 0.6) is 0 Å². The van der Waals surface area contributed by atoms with E-state index < -0.39 is 5.54 Å². The van der Waals surface area contributed by atoms with E-state index in [1.807, 2.05) is 27.7 Å². The molecule has 0 bridgehead atoms.